The van der Waals surface area contributed by atoms with Crippen LogP contribution in [-0.2, 0) is 4.79 Å². The molecule has 0 saturated heterocycles. The molecule has 0 spiro atoms. The number of nitrogens with two attached hydrogens (primary N) is 1. The lowest BCUT2D eigenvalue weighted by molar-refractivity contribution is -0.122. The van der Waals surface area contributed by atoms with Crippen molar-refractivity contribution < 1.29 is 4.79 Å². The van der Waals surface area contributed by atoms with Crippen LogP contribution in [0.3, 0.4) is 0 Å². The molecule has 2 aromatic rings. The molecule has 20 heavy (non-hydrogen) atoms. The van der Waals surface area contributed by atoms with E-state index in [9.17, 15) is 4.79 Å². The molecule has 3 N–H and O–H groups in total. The Morgan fingerprint density at radius 2 is 1.60 bits per heavy atom. The molecule has 1 aromatic heterocycles. The number of benzene rings is 1. The van der Waals surface area contributed by atoms with Crippen molar-refractivity contribution in [3.05, 3.63) is 54.4 Å². The highest BCUT2D eigenvalue weighted by molar-refractivity contribution is 5.81. The second kappa shape index (κ2) is 6.30. The van der Waals surface area contributed by atoms with Gasteiger partial charge in [0.2, 0.25) is 5.91 Å². The SMILES string of the molecule is CC(N)C(=O)NC(C)c1ccc(-c2ccncc2)cc1. The maximum atomic E-state index is 11.6. The summed E-state index contributed by atoms with van der Waals surface area (Å²) in [6.07, 6.45) is 3.55. The Kier molecular flexibility index (Phi) is 4.48. The van der Waals surface area contributed by atoms with Crippen molar-refractivity contribution in [2.75, 3.05) is 0 Å². The standard InChI is InChI=1S/C16H19N3O/c1-11(17)16(20)19-12(2)13-3-5-14(6-4-13)15-7-9-18-10-8-15/h3-12H,17H2,1-2H3,(H,19,20). The molecule has 4 nitrogen and oxygen atoms in total. The number of pyridine rings is 1. The summed E-state index contributed by atoms with van der Waals surface area (Å²) in [6.45, 7) is 3.62. The summed E-state index contributed by atoms with van der Waals surface area (Å²) in [6, 6.07) is 11.5. The normalized spacial score (nSPS) is 13.6. The van der Waals surface area contributed by atoms with Gasteiger partial charge in [0, 0.05) is 12.4 Å². The van der Waals surface area contributed by atoms with Gasteiger partial charge in [0.1, 0.15) is 0 Å². The smallest absolute Gasteiger partial charge is 0.237 e. The fraction of sp³-hybridized carbons (Fsp3) is 0.250. The Hall–Kier alpha value is -2.20. The van der Waals surface area contributed by atoms with Crippen molar-refractivity contribution in [3.8, 4) is 11.1 Å². The highest BCUT2D eigenvalue weighted by atomic mass is 16.2. The zero-order chi connectivity index (χ0) is 14.5. The Morgan fingerprint density at radius 3 is 2.15 bits per heavy atom. The van der Waals surface area contributed by atoms with E-state index in [1.807, 2.05) is 43.3 Å². The van der Waals surface area contributed by atoms with Gasteiger partial charge < -0.3 is 11.1 Å². The van der Waals surface area contributed by atoms with Crippen LogP contribution in [-0.4, -0.2) is 16.9 Å². The second-order valence-corrected chi connectivity index (χ2v) is 4.88. The van der Waals surface area contributed by atoms with Crippen LogP contribution < -0.4 is 11.1 Å². The van der Waals surface area contributed by atoms with E-state index in [0.29, 0.717) is 0 Å². The Morgan fingerprint density at radius 1 is 1.05 bits per heavy atom. The predicted octanol–water partition coefficient (Wildman–Crippen LogP) is 2.27. The predicted molar refractivity (Wildman–Crippen MR) is 79.9 cm³/mol. The number of nitrogens with one attached hydrogen (secondary N) is 1. The summed E-state index contributed by atoms with van der Waals surface area (Å²) in [5.41, 5.74) is 8.85. The van der Waals surface area contributed by atoms with Crippen LogP contribution in [0.25, 0.3) is 11.1 Å². The topological polar surface area (TPSA) is 68.0 Å². The second-order valence-electron chi connectivity index (χ2n) is 4.88. The third-order valence-corrected chi connectivity index (χ3v) is 3.20. The number of amides is 1. The van der Waals surface area contributed by atoms with E-state index >= 15 is 0 Å². The molecule has 1 aromatic carbocycles. The lowest BCUT2D eigenvalue weighted by Crippen LogP contribution is -2.39. The zero-order valence-electron chi connectivity index (χ0n) is 11.7. The quantitative estimate of drug-likeness (QED) is 0.894. The average Bonchev–Trinajstić information content (AvgIpc) is 2.48. The lowest BCUT2D eigenvalue weighted by atomic mass is 10.0. The van der Waals surface area contributed by atoms with E-state index in [1.165, 1.54) is 0 Å². The number of aromatic nitrogens is 1. The minimum absolute atomic E-state index is 0.0556. The summed E-state index contributed by atoms with van der Waals surface area (Å²) in [5.74, 6) is -0.143. The minimum atomic E-state index is -0.492. The Balaban J connectivity index is 2.10. The molecule has 0 saturated carbocycles. The number of nitrogens with zero attached hydrogens (tertiary/aromatic N) is 1. The number of rotatable bonds is 4. The summed E-state index contributed by atoms with van der Waals surface area (Å²) in [5, 5.41) is 2.88. The van der Waals surface area contributed by atoms with Crippen LogP contribution in [0, 0.1) is 0 Å². The molecule has 2 rings (SSSR count). The molecule has 1 heterocycles. The largest absolute Gasteiger partial charge is 0.348 e. The van der Waals surface area contributed by atoms with Crippen LogP contribution in [0.5, 0.6) is 0 Å². The highest BCUT2D eigenvalue weighted by Gasteiger charge is 2.12. The third kappa shape index (κ3) is 3.42. The molecule has 0 fully saturated rings. The first-order chi connectivity index (χ1) is 9.58. The van der Waals surface area contributed by atoms with Crippen LogP contribution >= 0.6 is 0 Å². The van der Waals surface area contributed by atoms with E-state index in [2.05, 4.69) is 10.3 Å². The van der Waals surface area contributed by atoms with Gasteiger partial charge in [0.15, 0.2) is 0 Å². The van der Waals surface area contributed by atoms with Crippen molar-refractivity contribution in [1.82, 2.24) is 10.3 Å². The summed E-state index contributed by atoms with van der Waals surface area (Å²) in [7, 11) is 0. The number of carbonyl (C=O) groups excluding carboxylic acids is 1. The Bertz CT molecular complexity index is 564. The molecular formula is C16H19N3O. The van der Waals surface area contributed by atoms with Gasteiger partial charge in [-0.05, 0) is 42.7 Å². The summed E-state index contributed by atoms with van der Waals surface area (Å²) >= 11 is 0. The van der Waals surface area contributed by atoms with Crippen molar-refractivity contribution >= 4 is 5.91 Å². The fourth-order valence-electron chi connectivity index (χ4n) is 1.94. The number of hydrogen-bond donors (Lipinski definition) is 2. The van der Waals surface area contributed by atoms with Gasteiger partial charge in [-0.25, -0.2) is 0 Å². The summed E-state index contributed by atoms with van der Waals surface area (Å²) in [4.78, 5) is 15.6. The monoisotopic (exact) mass is 269 g/mol. The van der Waals surface area contributed by atoms with Gasteiger partial charge in [-0.15, -0.1) is 0 Å². The van der Waals surface area contributed by atoms with Crippen LogP contribution in [0.15, 0.2) is 48.8 Å². The maximum absolute atomic E-state index is 11.6. The molecule has 0 aliphatic heterocycles. The zero-order valence-corrected chi connectivity index (χ0v) is 11.7. The molecule has 0 aliphatic carbocycles. The van der Waals surface area contributed by atoms with Gasteiger partial charge in [0.25, 0.3) is 0 Å². The third-order valence-electron chi connectivity index (χ3n) is 3.20. The van der Waals surface area contributed by atoms with Gasteiger partial charge >= 0.3 is 0 Å². The van der Waals surface area contributed by atoms with Crippen LogP contribution in [0.1, 0.15) is 25.5 Å². The van der Waals surface area contributed by atoms with Gasteiger partial charge in [0.05, 0.1) is 12.1 Å². The first-order valence-electron chi connectivity index (χ1n) is 6.64. The van der Waals surface area contributed by atoms with Gasteiger partial charge in [-0.3, -0.25) is 9.78 Å². The molecule has 1 amide bonds. The maximum Gasteiger partial charge on any atom is 0.237 e. The molecule has 4 heteroatoms. The minimum Gasteiger partial charge on any atom is -0.348 e. The van der Waals surface area contributed by atoms with E-state index in [1.54, 1.807) is 19.3 Å². The lowest BCUT2D eigenvalue weighted by Gasteiger charge is -2.16. The molecule has 2 unspecified atom stereocenters. The van der Waals surface area contributed by atoms with E-state index in [-0.39, 0.29) is 11.9 Å². The molecule has 0 bridgehead atoms. The summed E-state index contributed by atoms with van der Waals surface area (Å²) < 4.78 is 0. The molecule has 0 aliphatic rings. The van der Waals surface area contributed by atoms with Crippen LogP contribution in [0.4, 0.5) is 0 Å². The van der Waals surface area contributed by atoms with Gasteiger partial charge in [-0.1, -0.05) is 24.3 Å². The van der Waals surface area contributed by atoms with Crippen molar-refractivity contribution in [2.24, 2.45) is 5.73 Å². The highest BCUT2D eigenvalue weighted by Crippen LogP contribution is 2.21. The fourth-order valence-corrected chi connectivity index (χ4v) is 1.94. The Labute approximate surface area is 119 Å². The van der Waals surface area contributed by atoms with Crippen molar-refractivity contribution in [1.29, 1.82) is 0 Å². The average molecular weight is 269 g/mol. The van der Waals surface area contributed by atoms with Crippen LogP contribution in [0.2, 0.25) is 0 Å². The molecule has 2 atom stereocenters. The van der Waals surface area contributed by atoms with Crippen molar-refractivity contribution in [3.63, 3.8) is 0 Å². The molecule has 0 radical (unpaired) electrons. The number of carbonyl (C=O) groups is 1. The van der Waals surface area contributed by atoms with E-state index in [4.69, 9.17) is 5.73 Å². The first-order valence-corrected chi connectivity index (χ1v) is 6.64. The van der Waals surface area contributed by atoms with Crippen molar-refractivity contribution in [2.45, 2.75) is 25.9 Å². The molecular weight excluding hydrogens is 250 g/mol. The molecule has 104 valence electrons. The first kappa shape index (κ1) is 14.2. The van der Waals surface area contributed by atoms with Gasteiger partial charge in [-0.2, -0.15) is 0 Å². The van der Waals surface area contributed by atoms with E-state index in [0.717, 1.165) is 16.7 Å². The number of hydrogen-bond acceptors (Lipinski definition) is 3. The van der Waals surface area contributed by atoms with E-state index < -0.39 is 6.04 Å².